The number of hydrogen-bond donors (Lipinski definition) is 0. The second-order valence-electron chi connectivity index (χ2n) is 5.57. The first-order chi connectivity index (χ1) is 10.7. The van der Waals surface area contributed by atoms with Gasteiger partial charge in [-0.2, -0.15) is 0 Å². The Hall–Kier alpha value is -1.84. The first-order valence-electron chi connectivity index (χ1n) is 7.55. The molecule has 0 bridgehead atoms. The Morgan fingerprint density at radius 1 is 0.955 bits per heavy atom. The van der Waals surface area contributed by atoms with Crippen molar-refractivity contribution >= 4 is 23.1 Å². The molecule has 1 saturated heterocycles. The first kappa shape index (κ1) is 15.1. The number of rotatable bonds is 2. The molecule has 2 aromatic rings. The van der Waals surface area contributed by atoms with E-state index < -0.39 is 0 Å². The molecule has 1 heterocycles. The van der Waals surface area contributed by atoms with Crippen molar-refractivity contribution < 1.29 is 0 Å². The third kappa shape index (κ3) is 3.67. The number of nitrogens with zero attached hydrogens (tertiary/aromatic N) is 3. The van der Waals surface area contributed by atoms with Gasteiger partial charge in [0.25, 0.3) is 0 Å². The minimum Gasteiger partial charge on any atom is -0.354 e. The summed E-state index contributed by atoms with van der Waals surface area (Å²) in [5, 5.41) is 0.715. The van der Waals surface area contributed by atoms with E-state index in [1.54, 1.807) is 0 Å². The molecule has 0 aromatic heterocycles. The van der Waals surface area contributed by atoms with Gasteiger partial charge in [0.1, 0.15) is 5.84 Å². The van der Waals surface area contributed by atoms with Crippen LogP contribution in [0.4, 0.5) is 5.69 Å². The number of benzene rings is 2. The number of hydrogen-bond acceptors (Lipinski definition) is 2. The van der Waals surface area contributed by atoms with E-state index in [9.17, 15) is 0 Å². The van der Waals surface area contributed by atoms with Crippen LogP contribution < -0.4 is 0 Å². The predicted molar refractivity (Wildman–Crippen MR) is 93.2 cm³/mol. The summed E-state index contributed by atoms with van der Waals surface area (Å²) in [6.45, 7) is 4.10. The molecule has 114 valence electrons. The van der Waals surface area contributed by atoms with E-state index in [1.165, 1.54) is 0 Å². The molecule has 3 nitrogen and oxygen atoms in total. The molecular weight excluding hydrogens is 294 g/mol. The van der Waals surface area contributed by atoms with Crippen molar-refractivity contribution in [1.29, 1.82) is 0 Å². The average Bonchev–Trinajstić information content (AvgIpc) is 2.55. The molecule has 0 radical (unpaired) electrons. The zero-order chi connectivity index (χ0) is 15.4. The molecule has 1 aliphatic rings. The standard InChI is InChI=1S/C18H20ClN3/c1-21-10-12-22(13-11-21)18(15-6-3-2-4-7-15)20-17-9-5-8-16(19)14-17/h2-9,14H,10-13H2,1H3. The first-order valence-corrected chi connectivity index (χ1v) is 7.93. The highest BCUT2D eigenvalue weighted by Crippen LogP contribution is 2.20. The molecule has 2 aromatic carbocycles. The highest BCUT2D eigenvalue weighted by Gasteiger charge is 2.18. The van der Waals surface area contributed by atoms with Crippen molar-refractivity contribution in [2.24, 2.45) is 4.99 Å². The summed E-state index contributed by atoms with van der Waals surface area (Å²) in [6.07, 6.45) is 0. The van der Waals surface area contributed by atoms with Gasteiger partial charge in [0.15, 0.2) is 0 Å². The lowest BCUT2D eigenvalue weighted by Gasteiger charge is -2.34. The molecule has 0 N–H and O–H groups in total. The van der Waals surface area contributed by atoms with Crippen molar-refractivity contribution in [1.82, 2.24) is 9.80 Å². The summed E-state index contributed by atoms with van der Waals surface area (Å²) >= 11 is 6.09. The summed E-state index contributed by atoms with van der Waals surface area (Å²) in [6, 6.07) is 18.1. The number of halogens is 1. The predicted octanol–water partition coefficient (Wildman–Crippen LogP) is 3.67. The van der Waals surface area contributed by atoms with E-state index in [-0.39, 0.29) is 0 Å². The van der Waals surface area contributed by atoms with Crippen molar-refractivity contribution in [3.63, 3.8) is 0 Å². The van der Waals surface area contributed by atoms with Gasteiger partial charge in [0.05, 0.1) is 5.69 Å². The fraction of sp³-hybridized carbons (Fsp3) is 0.278. The monoisotopic (exact) mass is 313 g/mol. The lowest BCUT2D eigenvalue weighted by molar-refractivity contribution is 0.216. The van der Waals surface area contributed by atoms with Crippen LogP contribution in [0.1, 0.15) is 5.56 Å². The second-order valence-corrected chi connectivity index (χ2v) is 6.01. The Kier molecular flexibility index (Phi) is 4.76. The maximum absolute atomic E-state index is 6.09. The summed E-state index contributed by atoms with van der Waals surface area (Å²) in [7, 11) is 2.16. The zero-order valence-corrected chi connectivity index (χ0v) is 13.5. The summed E-state index contributed by atoms with van der Waals surface area (Å²) in [5.41, 5.74) is 2.04. The molecule has 1 fully saturated rings. The van der Waals surface area contributed by atoms with Crippen LogP contribution in [0.2, 0.25) is 5.02 Å². The van der Waals surface area contributed by atoms with Crippen LogP contribution in [-0.4, -0.2) is 48.9 Å². The van der Waals surface area contributed by atoms with E-state index in [2.05, 4.69) is 41.1 Å². The molecule has 0 atom stereocenters. The van der Waals surface area contributed by atoms with Crippen molar-refractivity contribution in [3.8, 4) is 0 Å². The lowest BCUT2D eigenvalue weighted by Crippen LogP contribution is -2.47. The minimum absolute atomic E-state index is 0.715. The lowest BCUT2D eigenvalue weighted by atomic mass is 10.1. The van der Waals surface area contributed by atoms with Crippen LogP contribution in [0.15, 0.2) is 59.6 Å². The number of aliphatic imine (C=N–C) groups is 1. The molecule has 0 unspecified atom stereocenters. The largest absolute Gasteiger partial charge is 0.354 e. The molecule has 4 heteroatoms. The van der Waals surface area contributed by atoms with Crippen LogP contribution >= 0.6 is 11.6 Å². The number of piperazine rings is 1. The molecular formula is C18H20ClN3. The highest BCUT2D eigenvalue weighted by atomic mass is 35.5. The molecule has 22 heavy (non-hydrogen) atoms. The Morgan fingerprint density at radius 2 is 1.68 bits per heavy atom. The smallest absolute Gasteiger partial charge is 0.136 e. The number of amidine groups is 1. The number of likely N-dealkylation sites (N-methyl/N-ethyl adjacent to an activating group) is 1. The van der Waals surface area contributed by atoms with Crippen LogP contribution in [0.25, 0.3) is 0 Å². The van der Waals surface area contributed by atoms with Crippen molar-refractivity contribution in [2.45, 2.75) is 0 Å². The van der Waals surface area contributed by atoms with Crippen molar-refractivity contribution in [2.75, 3.05) is 33.2 Å². The van der Waals surface area contributed by atoms with E-state index in [1.807, 2.05) is 30.3 Å². The minimum atomic E-state index is 0.715. The summed E-state index contributed by atoms with van der Waals surface area (Å²) in [4.78, 5) is 9.58. The zero-order valence-electron chi connectivity index (χ0n) is 12.7. The maximum Gasteiger partial charge on any atom is 0.136 e. The second kappa shape index (κ2) is 6.95. The quantitative estimate of drug-likeness (QED) is 0.622. The Balaban J connectivity index is 1.96. The van der Waals surface area contributed by atoms with E-state index >= 15 is 0 Å². The van der Waals surface area contributed by atoms with Gasteiger partial charge < -0.3 is 9.80 Å². The molecule has 0 saturated carbocycles. The third-order valence-corrected chi connectivity index (χ3v) is 4.11. The average molecular weight is 314 g/mol. The SMILES string of the molecule is CN1CCN(C(=Nc2cccc(Cl)c2)c2ccccc2)CC1. The molecule has 3 rings (SSSR count). The van der Waals surface area contributed by atoms with Gasteiger partial charge in [-0.05, 0) is 25.2 Å². The van der Waals surface area contributed by atoms with Gasteiger partial charge in [-0.1, -0.05) is 48.0 Å². The van der Waals surface area contributed by atoms with Gasteiger partial charge in [-0.25, -0.2) is 4.99 Å². The van der Waals surface area contributed by atoms with Crippen LogP contribution in [0.3, 0.4) is 0 Å². The highest BCUT2D eigenvalue weighted by molar-refractivity contribution is 6.30. The third-order valence-electron chi connectivity index (χ3n) is 3.88. The molecule has 1 aliphatic heterocycles. The van der Waals surface area contributed by atoms with Crippen LogP contribution in [-0.2, 0) is 0 Å². The summed E-state index contributed by atoms with van der Waals surface area (Å²) in [5.74, 6) is 1.02. The van der Waals surface area contributed by atoms with Gasteiger partial charge in [0, 0.05) is 36.8 Å². The fourth-order valence-corrected chi connectivity index (χ4v) is 2.78. The van der Waals surface area contributed by atoms with E-state index in [0.29, 0.717) is 5.02 Å². The fourth-order valence-electron chi connectivity index (χ4n) is 2.59. The van der Waals surface area contributed by atoms with Crippen LogP contribution in [0.5, 0.6) is 0 Å². The summed E-state index contributed by atoms with van der Waals surface area (Å²) < 4.78 is 0. The topological polar surface area (TPSA) is 18.8 Å². The van der Waals surface area contributed by atoms with Crippen molar-refractivity contribution in [3.05, 3.63) is 65.2 Å². The molecule has 0 aliphatic carbocycles. The normalized spacial score (nSPS) is 16.8. The van der Waals surface area contributed by atoms with Gasteiger partial charge >= 0.3 is 0 Å². The Bertz CT molecular complexity index is 646. The van der Waals surface area contributed by atoms with Gasteiger partial charge in [-0.15, -0.1) is 0 Å². The Morgan fingerprint density at radius 3 is 2.36 bits per heavy atom. The van der Waals surface area contributed by atoms with E-state index in [4.69, 9.17) is 16.6 Å². The molecule has 0 amide bonds. The van der Waals surface area contributed by atoms with Gasteiger partial charge in [-0.3, -0.25) is 0 Å². The maximum atomic E-state index is 6.09. The molecule has 0 spiro atoms. The van der Waals surface area contributed by atoms with E-state index in [0.717, 1.165) is 43.3 Å². The Labute approximate surface area is 136 Å². The van der Waals surface area contributed by atoms with Gasteiger partial charge in [0.2, 0.25) is 0 Å². The van der Waals surface area contributed by atoms with Crippen LogP contribution in [0, 0.1) is 0 Å².